The Morgan fingerprint density at radius 2 is 1.75 bits per heavy atom. The number of hydrogen-bond donors (Lipinski definition) is 1. The summed E-state index contributed by atoms with van der Waals surface area (Å²) in [7, 11) is 1.52. The quantitative estimate of drug-likeness (QED) is 0.631. The third-order valence-corrected chi connectivity index (χ3v) is 3.30. The van der Waals surface area contributed by atoms with Gasteiger partial charge >= 0.3 is 12.2 Å². The lowest BCUT2D eigenvalue weighted by Gasteiger charge is -2.35. The van der Waals surface area contributed by atoms with Gasteiger partial charge in [0.1, 0.15) is 11.3 Å². The van der Waals surface area contributed by atoms with Crippen LogP contribution < -0.4 is 10.2 Å². The maximum absolute atomic E-state index is 12.2. The predicted octanol–water partition coefficient (Wildman–Crippen LogP) is 2.23. The second-order valence-electron chi connectivity index (χ2n) is 4.86. The molecule has 24 heavy (non-hydrogen) atoms. The average Bonchev–Trinajstić information content (AvgIpc) is 2.59. The van der Waals surface area contributed by atoms with Gasteiger partial charge in [-0.3, -0.25) is 0 Å². The summed E-state index contributed by atoms with van der Waals surface area (Å²) in [6, 6.07) is 6.52. The Morgan fingerprint density at radius 3 is 2.21 bits per heavy atom. The SMILES string of the molecule is CCOC(=O)NN(C(=O)OCC)C(C)(C=O)c1ccc(OC)cc1. The molecular weight excluding hydrogens is 316 g/mol. The van der Waals surface area contributed by atoms with Crippen LogP contribution in [0.1, 0.15) is 26.3 Å². The molecule has 0 aliphatic rings. The molecule has 0 saturated carbocycles. The van der Waals surface area contributed by atoms with E-state index in [-0.39, 0.29) is 13.2 Å². The van der Waals surface area contributed by atoms with Crippen molar-refractivity contribution in [3.05, 3.63) is 29.8 Å². The summed E-state index contributed by atoms with van der Waals surface area (Å²) in [6.45, 7) is 4.91. The van der Waals surface area contributed by atoms with Crippen molar-refractivity contribution in [3.8, 4) is 5.75 Å². The lowest BCUT2D eigenvalue weighted by molar-refractivity contribution is -0.119. The summed E-state index contributed by atoms with van der Waals surface area (Å²) in [5.74, 6) is 0.591. The highest BCUT2D eigenvalue weighted by atomic mass is 16.6. The van der Waals surface area contributed by atoms with Gasteiger partial charge in [-0.05, 0) is 38.5 Å². The summed E-state index contributed by atoms with van der Waals surface area (Å²) in [5.41, 5.74) is 1.22. The van der Waals surface area contributed by atoms with Crippen LogP contribution in [0.4, 0.5) is 9.59 Å². The molecule has 1 N–H and O–H groups in total. The van der Waals surface area contributed by atoms with Crippen molar-refractivity contribution < 1.29 is 28.6 Å². The number of nitrogens with one attached hydrogen (secondary N) is 1. The van der Waals surface area contributed by atoms with Crippen molar-refractivity contribution in [1.82, 2.24) is 10.4 Å². The molecule has 0 saturated heterocycles. The predicted molar refractivity (Wildman–Crippen MR) is 85.4 cm³/mol. The second-order valence-corrected chi connectivity index (χ2v) is 4.86. The molecule has 0 aromatic heterocycles. The molecule has 132 valence electrons. The number of methoxy groups -OCH3 is 1. The first-order valence-corrected chi connectivity index (χ1v) is 7.44. The normalized spacial score (nSPS) is 12.5. The topological polar surface area (TPSA) is 94.2 Å². The zero-order chi connectivity index (χ0) is 18.2. The second kappa shape index (κ2) is 8.76. The first kappa shape index (κ1) is 19.3. The summed E-state index contributed by atoms with van der Waals surface area (Å²) < 4.78 is 14.8. The molecule has 8 nitrogen and oxygen atoms in total. The minimum atomic E-state index is -1.49. The van der Waals surface area contributed by atoms with E-state index in [2.05, 4.69) is 5.43 Å². The summed E-state index contributed by atoms with van der Waals surface area (Å²) in [5, 5.41) is 0.809. The van der Waals surface area contributed by atoms with Crippen molar-refractivity contribution in [2.75, 3.05) is 20.3 Å². The standard InChI is InChI=1S/C16H22N2O6/c1-5-23-14(20)17-18(15(21)24-6-2)16(3,11-19)12-7-9-13(22-4)10-8-12/h7-11H,5-6H2,1-4H3,(H,17,20). The maximum atomic E-state index is 12.2. The van der Waals surface area contributed by atoms with Gasteiger partial charge in [0, 0.05) is 0 Å². The minimum Gasteiger partial charge on any atom is -0.497 e. The Bertz CT molecular complexity index is 574. The summed E-state index contributed by atoms with van der Waals surface area (Å²) in [6.07, 6.45) is -1.21. The van der Waals surface area contributed by atoms with Crippen molar-refractivity contribution in [2.45, 2.75) is 26.3 Å². The van der Waals surface area contributed by atoms with Crippen LogP contribution in [0.2, 0.25) is 0 Å². The lowest BCUT2D eigenvalue weighted by Crippen LogP contribution is -2.58. The number of carbonyl (C=O) groups is 3. The molecule has 1 atom stereocenters. The largest absolute Gasteiger partial charge is 0.497 e. The molecule has 0 aliphatic carbocycles. The fraction of sp³-hybridized carbons (Fsp3) is 0.438. The Hall–Kier alpha value is -2.77. The monoisotopic (exact) mass is 338 g/mol. The number of hydrogen-bond acceptors (Lipinski definition) is 6. The smallest absolute Gasteiger partial charge is 0.430 e. The van der Waals surface area contributed by atoms with E-state index in [0.29, 0.717) is 17.6 Å². The van der Waals surface area contributed by atoms with E-state index in [1.165, 1.54) is 14.0 Å². The highest BCUT2D eigenvalue weighted by molar-refractivity contribution is 5.80. The number of rotatable bonds is 6. The van der Waals surface area contributed by atoms with E-state index >= 15 is 0 Å². The van der Waals surface area contributed by atoms with E-state index in [1.807, 2.05) is 0 Å². The molecule has 0 radical (unpaired) electrons. The molecule has 2 amide bonds. The van der Waals surface area contributed by atoms with Crippen LogP contribution in [-0.4, -0.2) is 43.8 Å². The maximum Gasteiger partial charge on any atom is 0.430 e. The van der Waals surface area contributed by atoms with Gasteiger partial charge in [0.05, 0.1) is 20.3 Å². The molecule has 1 aromatic carbocycles. The van der Waals surface area contributed by atoms with Gasteiger partial charge in [0.25, 0.3) is 0 Å². The van der Waals surface area contributed by atoms with E-state index in [0.717, 1.165) is 5.01 Å². The first-order valence-electron chi connectivity index (χ1n) is 7.44. The molecule has 0 spiro atoms. The van der Waals surface area contributed by atoms with Crippen molar-refractivity contribution in [3.63, 3.8) is 0 Å². The fourth-order valence-electron chi connectivity index (χ4n) is 1.97. The highest BCUT2D eigenvalue weighted by Crippen LogP contribution is 2.27. The highest BCUT2D eigenvalue weighted by Gasteiger charge is 2.40. The molecule has 0 bridgehead atoms. The number of amides is 2. The Balaban J connectivity index is 3.23. The number of hydrazine groups is 1. The minimum absolute atomic E-state index is 0.0807. The molecule has 0 heterocycles. The van der Waals surface area contributed by atoms with Crippen LogP contribution in [0.15, 0.2) is 24.3 Å². The number of aldehydes is 1. The van der Waals surface area contributed by atoms with Gasteiger partial charge in [-0.1, -0.05) is 12.1 Å². The number of nitrogens with zero attached hydrogens (tertiary/aromatic N) is 1. The molecular formula is C16H22N2O6. The van der Waals surface area contributed by atoms with Crippen molar-refractivity contribution in [1.29, 1.82) is 0 Å². The van der Waals surface area contributed by atoms with Crippen LogP contribution in [0.3, 0.4) is 0 Å². The molecule has 0 aliphatic heterocycles. The summed E-state index contributed by atoms with van der Waals surface area (Å²) in [4.78, 5) is 35.8. The molecule has 1 aromatic rings. The van der Waals surface area contributed by atoms with Crippen LogP contribution in [0.25, 0.3) is 0 Å². The molecule has 8 heteroatoms. The van der Waals surface area contributed by atoms with Gasteiger partial charge in [0.2, 0.25) is 0 Å². The van der Waals surface area contributed by atoms with Gasteiger partial charge in [-0.25, -0.2) is 15.0 Å². The Morgan fingerprint density at radius 1 is 1.17 bits per heavy atom. The van der Waals surface area contributed by atoms with Gasteiger partial charge in [-0.2, -0.15) is 5.01 Å². The first-order chi connectivity index (χ1) is 11.4. The zero-order valence-electron chi connectivity index (χ0n) is 14.2. The summed E-state index contributed by atoms with van der Waals surface area (Å²) >= 11 is 0. The molecule has 1 unspecified atom stereocenters. The van der Waals surface area contributed by atoms with E-state index < -0.39 is 17.7 Å². The van der Waals surface area contributed by atoms with Crippen LogP contribution in [-0.2, 0) is 19.8 Å². The number of benzene rings is 1. The average molecular weight is 338 g/mol. The van der Waals surface area contributed by atoms with Crippen molar-refractivity contribution in [2.24, 2.45) is 0 Å². The van der Waals surface area contributed by atoms with Crippen LogP contribution in [0.5, 0.6) is 5.75 Å². The molecule has 1 rings (SSSR count). The van der Waals surface area contributed by atoms with Crippen molar-refractivity contribution >= 4 is 18.5 Å². The van der Waals surface area contributed by atoms with E-state index in [1.54, 1.807) is 38.1 Å². The van der Waals surface area contributed by atoms with Gasteiger partial charge in [-0.15, -0.1) is 0 Å². The Labute approximate surface area is 140 Å². The van der Waals surface area contributed by atoms with Gasteiger partial charge in [0.15, 0.2) is 6.29 Å². The fourth-order valence-corrected chi connectivity index (χ4v) is 1.97. The lowest BCUT2D eigenvalue weighted by atomic mass is 9.93. The number of ether oxygens (including phenoxy) is 3. The number of carbonyl (C=O) groups excluding carboxylic acids is 3. The van der Waals surface area contributed by atoms with E-state index in [9.17, 15) is 14.4 Å². The van der Waals surface area contributed by atoms with Crippen LogP contribution in [0, 0.1) is 0 Å². The van der Waals surface area contributed by atoms with Gasteiger partial charge < -0.3 is 19.0 Å². The Kier molecular flexibility index (Phi) is 7.03. The third kappa shape index (κ3) is 4.37. The zero-order valence-corrected chi connectivity index (χ0v) is 14.2. The third-order valence-electron chi connectivity index (χ3n) is 3.30. The van der Waals surface area contributed by atoms with E-state index in [4.69, 9.17) is 14.2 Å². The molecule has 0 fully saturated rings. The van der Waals surface area contributed by atoms with Crippen LogP contribution >= 0.6 is 0 Å².